The van der Waals surface area contributed by atoms with Crippen molar-refractivity contribution in [1.82, 2.24) is 14.9 Å². The lowest BCUT2D eigenvalue weighted by atomic mass is 9.84. The Kier molecular flexibility index (Phi) is 5.60. The Hall–Kier alpha value is -1.96. The molecule has 26 heavy (non-hydrogen) atoms. The van der Waals surface area contributed by atoms with Gasteiger partial charge in [0.25, 0.3) is 5.91 Å². The SMILES string of the molecule is CSc1nccn1-c1cccc(C(=O)N[C@H]2CCCC[C@@H]2C(F)(F)F)c1. The lowest BCUT2D eigenvalue weighted by Crippen LogP contribution is -2.47. The van der Waals surface area contributed by atoms with Crippen molar-refractivity contribution < 1.29 is 18.0 Å². The number of benzene rings is 1. The summed E-state index contributed by atoms with van der Waals surface area (Å²) >= 11 is 1.47. The molecule has 2 atom stereocenters. The normalized spacial score (nSPS) is 20.8. The Morgan fingerprint density at radius 1 is 1.31 bits per heavy atom. The highest BCUT2D eigenvalue weighted by molar-refractivity contribution is 7.98. The van der Waals surface area contributed by atoms with Gasteiger partial charge in [-0.2, -0.15) is 13.2 Å². The van der Waals surface area contributed by atoms with Gasteiger partial charge in [-0.3, -0.25) is 9.36 Å². The van der Waals surface area contributed by atoms with Gasteiger partial charge in [0.1, 0.15) is 0 Å². The van der Waals surface area contributed by atoms with E-state index < -0.39 is 24.0 Å². The molecule has 140 valence electrons. The molecule has 0 bridgehead atoms. The van der Waals surface area contributed by atoms with Crippen molar-refractivity contribution in [2.45, 2.75) is 43.1 Å². The molecule has 0 aliphatic heterocycles. The molecule has 1 fully saturated rings. The standard InChI is InChI=1S/C18H20F3N3OS/c1-26-17-22-9-10-24(17)13-6-4-5-12(11-13)16(25)23-15-8-3-2-7-14(15)18(19,20)21/h4-6,9-11,14-15H,2-3,7-8H2,1H3,(H,23,25)/t14-,15-/m0/s1. The van der Waals surface area contributed by atoms with Gasteiger partial charge in [-0.1, -0.05) is 30.7 Å². The molecular formula is C18H20F3N3OS. The van der Waals surface area contributed by atoms with Crippen molar-refractivity contribution in [3.05, 3.63) is 42.2 Å². The maximum atomic E-state index is 13.2. The molecule has 0 spiro atoms. The molecule has 1 N–H and O–H groups in total. The fourth-order valence-electron chi connectivity index (χ4n) is 3.38. The molecule has 1 aliphatic rings. The highest BCUT2D eigenvalue weighted by atomic mass is 32.2. The van der Waals surface area contributed by atoms with E-state index in [2.05, 4.69) is 10.3 Å². The van der Waals surface area contributed by atoms with Crippen molar-refractivity contribution >= 4 is 17.7 Å². The number of alkyl halides is 3. The number of hydrogen-bond acceptors (Lipinski definition) is 3. The second-order valence-electron chi connectivity index (χ2n) is 6.35. The monoisotopic (exact) mass is 383 g/mol. The third-order valence-corrected chi connectivity index (χ3v) is 5.35. The Balaban J connectivity index is 1.79. The van der Waals surface area contributed by atoms with E-state index in [1.54, 1.807) is 30.6 Å². The Labute approximate surface area is 154 Å². The smallest absolute Gasteiger partial charge is 0.349 e. The van der Waals surface area contributed by atoms with Crippen LogP contribution < -0.4 is 5.32 Å². The molecule has 0 saturated heterocycles. The molecule has 0 unspecified atom stereocenters. The van der Waals surface area contributed by atoms with Crippen LogP contribution in [0.3, 0.4) is 0 Å². The molecule has 1 aromatic carbocycles. The first-order chi connectivity index (χ1) is 12.4. The average Bonchev–Trinajstić information content (AvgIpc) is 3.10. The van der Waals surface area contributed by atoms with Crippen LogP contribution in [0.25, 0.3) is 5.69 Å². The van der Waals surface area contributed by atoms with E-state index in [0.29, 0.717) is 24.8 Å². The lowest BCUT2D eigenvalue weighted by molar-refractivity contribution is -0.187. The molecule has 2 aromatic rings. The number of halogens is 3. The molecular weight excluding hydrogens is 363 g/mol. The Morgan fingerprint density at radius 2 is 2.08 bits per heavy atom. The predicted molar refractivity (Wildman–Crippen MR) is 94.6 cm³/mol. The maximum absolute atomic E-state index is 13.2. The van der Waals surface area contributed by atoms with Gasteiger partial charge in [0.15, 0.2) is 5.16 Å². The number of carbonyl (C=O) groups is 1. The number of imidazole rings is 1. The molecule has 3 rings (SSSR count). The van der Waals surface area contributed by atoms with E-state index in [1.807, 2.05) is 16.9 Å². The quantitative estimate of drug-likeness (QED) is 0.794. The third kappa shape index (κ3) is 4.06. The zero-order chi connectivity index (χ0) is 18.7. The summed E-state index contributed by atoms with van der Waals surface area (Å²) < 4.78 is 41.5. The zero-order valence-electron chi connectivity index (χ0n) is 14.3. The first-order valence-corrected chi connectivity index (χ1v) is 9.68. The molecule has 1 aliphatic carbocycles. The van der Waals surface area contributed by atoms with Gasteiger partial charge in [0.05, 0.1) is 5.92 Å². The number of hydrogen-bond donors (Lipinski definition) is 1. The largest absolute Gasteiger partial charge is 0.393 e. The van der Waals surface area contributed by atoms with Gasteiger partial charge >= 0.3 is 6.18 Å². The Bertz CT molecular complexity index is 775. The third-order valence-electron chi connectivity index (χ3n) is 4.68. The topological polar surface area (TPSA) is 46.9 Å². The molecule has 0 radical (unpaired) electrons. The van der Waals surface area contributed by atoms with Crippen molar-refractivity contribution in [3.63, 3.8) is 0 Å². The first kappa shape index (κ1) is 18.8. The minimum Gasteiger partial charge on any atom is -0.349 e. The van der Waals surface area contributed by atoms with Gasteiger partial charge < -0.3 is 5.32 Å². The van der Waals surface area contributed by atoms with Crippen LogP contribution in [0.1, 0.15) is 36.0 Å². The Morgan fingerprint density at radius 3 is 2.81 bits per heavy atom. The van der Waals surface area contributed by atoms with E-state index in [9.17, 15) is 18.0 Å². The fourth-order valence-corrected chi connectivity index (χ4v) is 3.91. The van der Waals surface area contributed by atoms with Gasteiger partial charge in [-0.25, -0.2) is 4.98 Å². The van der Waals surface area contributed by atoms with E-state index in [0.717, 1.165) is 10.8 Å². The number of amides is 1. The summed E-state index contributed by atoms with van der Waals surface area (Å²) in [6.45, 7) is 0. The minimum atomic E-state index is -4.29. The van der Waals surface area contributed by atoms with Crippen molar-refractivity contribution in [1.29, 1.82) is 0 Å². The number of thioether (sulfide) groups is 1. The first-order valence-electron chi connectivity index (χ1n) is 8.45. The summed E-state index contributed by atoms with van der Waals surface area (Å²) in [4.78, 5) is 16.8. The van der Waals surface area contributed by atoms with Gasteiger partial charge in [-0.15, -0.1) is 0 Å². The molecule has 1 aromatic heterocycles. The number of carbonyl (C=O) groups excluding carboxylic acids is 1. The van der Waals surface area contributed by atoms with Crippen LogP contribution in [-0.2, 0) is 0 Å². The molecule has 4 nitrogen and oxygen atoms in total. The van der Waals surface area contributed by atoms with Crippen molar-refractivity contribution in [2.24, 2.45) is 5.92 Å². The molecule has 8 heteroatoms. The van der Waals surface area contributed by atoms with E-state index in [4.69, 9.17) is 0 Å². The lowest BCUT2D eigenvalue weighted by Gasteiger charge is -2.33. The van der Waals surface area contributed by atoms with Crippen LogP contribution in [0.4, 0.5) is 13.2 Å². The van der Waals surface area contributed by atoms with Crippen molar-refractivity contribution in [3.8, 4) is 5.69 Å². The van der Waals surface area contributed by atoms with E-state index in [1.165, 1.54) is 11.8 Å². The zero-order valence-corrected chi connectivity index (χ0v) is 15.1. The number of aromatic nitrogens is 2. The summed E-state index contributed by atoms with van der Waals surface area (Å²) in [5.41, 5.74) is 1.09. The summed E-state index contributed by atoms with van der Waals surface area (Å²) in [6, 6.07) is 5.96. The number of rotatable bonds is 4. The summed E-state index contributed by atoms with van der Waals surface area (Å²) in [5.74, 6) is -1.95. The number of nitrogens with one attached hydrogen (secondary N) is 1. The van der Waals surface area contributed by atoms with Crippen LogP contribution >= 0.6 is 11.8 Å². The molecule has 1 heterocycles. The van der Waals surface area contributed by atoms with Gasteiger partial charge in [0.2, 0.25) is 0 Å². The van der Waals surface area contributed by atoms with Crippen LogP contribution in [-0.4, -0.2) is 33.9 Å². The summed E-state index contributed by atoms with van der Waals surface area (Å²) in [7, 11) is 0. The van der Waals surface area contributed by atoms with E-state index in [-0.39, 0.29) is 6.42 Å². The van der Waals surface area contributed by atoms with Crippen LogP contribution in [0, 0.1) is 5.92 Å². The highest BCUT2D eigenvalue weighted by Gasteiger charge is 2.46. The van der Waals surface area contributed by atoms with E-state index >= 15 is 0 Å². The van der Waals surface area contributed by atoms with Crippen LogP contribution in [0.2, 0.25) is 0 Å². The fraction of sp³-hybridized carbons (Fsp3) is 0.444. The average molecular weight is 383 g/mol. The second kappa shape index (κ2) is 7.73. The minimum absolute atomic E-state index is 0.0700. The molecule has 1 amide bonds. The highest BCUT2D eigenvalue weighted by Crippen LogP contribution is 2.37. The predicted octanol–water partition coefficient (Wildman–Crippen LogP) is 4.45. The second-order valence-corrected chi connectivity index (χ2v) is 7.12. The van der Waals surface area contributed by atoms with Gasteiger partial charge in [0, 0.05) is 29.7 Å². The summed E-state index contributed by atoms with van der Waals surface area (Å²) in [6.07, 6.45) is 2.72. The van der Waals surface area contributed by atoms with Crippen LogP contribution in [0.5, 0.6) is 0 Å². The number of nitrogens with zero attached hydrogens (tertiary/aromatic N) is 2. The van der Waals surface area contributed by atoms with Crippen molar-refractivity contribution in [2.75, 3.05) is 6.26 Å². The maximum Gasteiger partial charge on any atom is 0.393 e. The van der Waals surface area contributed by atoms with Gasteiger partial charge in [-0.05, 0) is 37.3 Å². The summed E-state index contributed by atoms with van der Waals surface area (Å²) in [5, 5.41) is 3.37. The molecule has 1 saturated carbocycles. The van der Waals surface area contributed by atoms with Crippen LogP contribution in [0.15, 0.2) is 41.8 Å².